The molecule has 1 aliphatic heterocycles. The van der Waals surface area contributed by atoms with Crippen LogP contribution in [-0.4, -0.2) is 86.2 Å². The topological polar surface area (TPSA) is 77.5 Å². The lowest BCUT2D eigenvalue weighted by molar-refractivity contribution is 0.00752. The molecule has 8 nitrogen and oxygen atoms in total. The lowest BCUT2D eigenvalue weighted by atomic mass is 10.0. The van der Waals surface area contributed by atoms with E-state index in [1.807, 2.05) is 39.5 Å². The number of carbonyl (C=O) groups is 2. The van der Waals surface area contributed by atoms with Crippen molar-refractivity contribution < 1.29 is 32.9 Å². The summed E-state index contributed by atoms with van der Waals surface area (Å²) >= 11 is 0. The quantitative estimate of drug-likeness (QED) is 0.413. The summed E-state index contributed by atoms with van der Waals surface area (Å²) in [5.74, 6) is 0.624. The molecule has 1 heterocycles. The SMILES string of the molecule is COCCCOc1cc(C(=O)N(C(C)C)[C@@H]2CCCN(C(=O)OC(C)(C)C)C2)ccc1OCCF. The van der Waals surface area contributed by atoms with Gasteiger partial charge in [0.25, 0.3) is 5.91 Å². The molecule has 0 radical (unpaired) electrons. The molecule has 0 bridgehead atoms. The van der Waals surface area contributed by atoms with Gasteiger partial charge in [-0.1, -0.05) is 0 Å². The highest BCUT2D eigenvalue weighted by atomic mass is 19.1. The van der Waals surface area contributed by atoms with Gasteiger partial charge in [0.05, 0.1) is 12.6 Å². The van der Waals surface area contributed by atoms with Gasteiger partial charge in [0.1, 0.15) is 18.9 Å². The molecule has 0 spiro atoms. The minimum Gasteiger partial charge on any atom is -0.490 e. The molecule has 1 atom stereocenters. The second-order valence-electron chi connectivity index (χ2n) is 9.92. The van der Waals surface area contributed by atoms with E-state index < -0.39 is 12.3 Å². The lowest BCUT2D eigenvalue weighted by Crippen LogP contribution is -2.54. The Morgan fingerprint density at radius 3 is 2.49 bits per heavy atom. The Hall–Kier alpha value is -2.55. The lowest BCUT2D eigenvalue weighted by Gasteiger charge is -2.41. The summed E-state index contributed by atoms with van der Waals surface area (Å²) in [4.78, 5) is 29.8. The molecule has 9 heteroatoms. The minimum atomic E-state index is -0.624. The third-order valence-corrected chi connectivity index (χ3v) is 5.51. The van der Waals surface area contributed by atoms with E-state index in [0.717, 1.165) is 12.8 Å². The summed E-state index contributed by atoms with van der Waals surface area (Å²) in [6, 6.07) is 4.73. The van der Waals surface area contributed by atoms with Gasteiger partial charge >= 0.3 is 6.09 Å². The number of carbonyl (C=O) groups excluding carboxylic acids is 2. The fourth-order valence-electron chi connectivity index (χ4n) is 4.05. The number of likely N-dealkylation sites (tertiary alicyclic amines) is 1. The molecule has 0 saturated carbocycles. The van der Waals surface area contributed by atoms with Gasteiger partial charge < -0.3 is 28.7 Å². The number of hydrogen-bond acceptors (Lipinski definition) is 6. The molecule has 0 N–H and O–H groups in total. The van der Waals surface area contributed by atoms with E-state index in [4.69, 9.17) is 18.9 Å². The number of methoxy groups -OCH3 is 1. The number of ether oxygens (including phenoxy) is 4. The molecule has 2 amide bonds. The molecule has 35 heavy (non-hydrogen) atoms. The maximum absolute atomic E-state index is 13.7. The highest BCUT2D eigenvalue weighted by Gasteiger charge is 2.34. The first-order valence-corrected chi connectivity index (χ1v) is 12.3. The van der Waals surface area contributed by atoms with Crippen LogP contribution in [0.15, 0.2) is 18.2 Å². The van der Waals surface area contributed by atoms with Crippen LogP contribution in [0.4, 0.5) is 9.18 Å². The molecule has 0 unspecified atom stereocenters. The van der Waals surface area contributed by atoms with Gasteiger partial charge in [-0.3, -0.25) is 4.79 Å². The zero-order valence-electron chi connectivity index (χ0n) is 22.0. The first-order chi connectivity index (χ1) is 16.6. The smallest absolute Gasteiger partial charge is 0.410 e. The summed E-state index contributed by atoms with van der Waals surface area (Å²) in [6.45, 7) is 10.7. The number of hydrogen-bond donors (Lipinski definition) is 0. The highest BCUT2D eigenvalue weighted by Crippen LogP contribution is 2.30. The molecule has 1 aliphatic rings. The van der Waals surface area contributed by atoms with Gasteiger partial charge in [-0.25, -0.2) is 9.18 Å². The molecule has 1 aromatic rings. The van der Waals surface area contributed by atoms with Crippen molar-refractivity contribution in [2.75, 3.05) is 46.7 Å². The second kappa shape index (κ2) is 13.5. The Morgan fingerprint density at radius 2 is 1.86 bits per heavy atom. The monoisotopic (exact) mass is 496 g/mol. The van der Waals surface area contributed by atoms with Crippen molar-refractivity contribution in [3.63, 3.8) is 0 Å². The van der Waals surface area contributed by atoms with Gasteiger partial charge in [0.15, 0.2) is 11.5 Å². The molecule has 198 valence electrons. The van der Waals surface area contributed by atoms with Gasteiger partial charge in [-0.05, 0) is 65.7 Å². The van der Waals surface area contributed by atoms with Gasteiger partial charge in [-0.15, -0.1) is 0 Å². The number of alkyl halides is 1. The summed E-state index contributed by atoms with van der Waals surface area (Å²) < 4.78 is 34.6. The van der Waals surface area contributed by atoms with E-state index in [-0.39, 0.29) is 30.7 Å². The van der Waals surface area contributed by atoms with Crippen molar-refractivity contribution in [3.05, 3.63) is 23.8 Å². The van der Waals surface area contributed by atoms with Crippen molar-refractivity contribution in [1.82, 2.24) is 9.80 Å². The van der Waals surface area contributed by atoms with E-state index in [1.165, 1.54) is 0 Å². The molecule has 2 rings (SSSR count). The van der Waals surface area contributed by atoms with Crippen LogP contribution in [0.1, 0.15) is 64.2 Å². The average molecular weight is 497 g/mol. The predicted molar refractivity (Wildman–Crippen MR) is 132 cm³/mol. The normalized spacial score (nSPS) is 16.2. The first kappa shape index (κ1) is 28.7. The van der Waals surface area contributed by atoms with Crippen LogP contribution in [0.3, 0.4) is 0 Å². The number of rotatable bonds is 11. The maximum atomic E-state index is 13.7. The van der Waals surface area contributed by atoms with Gasteiger partial charge in [0.2, 0.25) is 0 Å². The van der Waals surface area contributed by atoms with E-state index in [1.54, 1.807) is 30.2 Å². The molecule has 0 aliphatic carbocycles. The van der Waals surface area contributed by atoms with Gasteiger partial charge in [-0.2, -0.15) is 0 Å². The Morgan fingerprint density at radius 1 is 1.14 bits per heavy atom. The van der Waals surface area contributed by atoms with Crippen molar-refractivity contribution >= 4 is 12.0 Å². The van der Waals surface area contributed by atoms with Crippen LogP contribution in [0, 0.1) is 0 Å². The van der Waals surface area contributed by atoms with Crippen LogP contribution < -0.4 is 9.47 Å². The van der Waals surface area contributed by atoms with Crippen LogP contribution in [0.5, 0.6) is 11.5 Å². The standard InChI is InChI=1S/C26H41FN2O6/c1-19(2)29(21-9-7-13-28(18-21)25(31)35-26(3,4)5)24(30)20-10-11-22(34-16-12-27)23(17-20)33-15-8-14-32-6/h10-11,17,19,21H,7-9,12-16,18H2,1-6H3/t21-/m1/s1. The molecule has 1 saturated heterocycles. The maximum Gasteiger partial charge on any atom is 0.410 e. The van der Waals surface area contributed by atoms with Crippen LogP contribution in [-0.2, 0) is 9.47 Å². The second-order valence-corrected chi connectivity index (χ2v) is 9.92. The van der Waals surface area contributed by atoms with Gasteiger partial charge in [0, 0.05) is 44.8 Å². The average Bonchev–Trinajstić information content (AvgIpc) is 2.79. The predicted octanol–water partition coefficient (Wildman–Crippen LogP) is 4.70. The number of nitrogens with zero attached hydrogens (tertiary/aromatic N) is 2. The minimum absolute atomic E-state index is 0.0837. The van der Waals surface area contributed by atoms with Crippen LogP contribution in [0.2, 0.25) is 0 Å². The van der Waals surface area contributed by atoms with Crippen LogP contribution in [0.25, 0.3) is 0 Å². The van der Waals surface area contributed by atoms with Crippen LogP contribution >= 0.6 is 0 Å². The van der Waals surface area contributed by atoms with E-state index >= 15 is 0 Å². The summed E-state index contributed by atoms with van der Waals surface area (Å²) in [6.07, 6.45) is 1.88. The Kier molecular flexibility index (Phi) is 11.1. The van der Waals surface area contributed by atoms with Crippen molar-refractivity contribution in [2.24, 2.45) is 0 Å². The summed E-state index contributed by atoms with van der Waals surface area (Å²) in [5.41, 5.74) is -0.133. The Bertz CT molecular complexity index is 827. The molecule has 0 aromatic heterocycles. The van der Waals surface area contributed by atoms with E-state index in [9.17, 15) is 14.0 Å². The zero-order valence-corrected chi connectivity index (χ0v) is 22.0. The highest BCUT2D eigenvalue weighted by molar-refractivity contribution is 5.95. The van der Waals surface area contributed by atoms with Crippen molar-refractivity contribution in [1.29, 1.82) is 0 Å². The molecule has 1 fully saturated rings. The largest absolute Gasteiger partial charge is 0.490 e. The molecular weight excluding hydrogens is 455 g/mol. The zero-order chi connectivity index (χ0) is 26.0. The van der Waals surface area contributed by atoms with E-state index in [0.29, 0.717) is 49.8 Å². The van der Waals surface area contributed by atoms with Crippen molar-refractivity contribution in [2.45, 2.75) is 71.6 Å². The number of benzene rings is 1. The number of amides is 2. The third kappa shape index (κ3) is 8.87. The molecule has 1 aromatic carbocycles. The first-order valence-electron chi connectivity index (χ1n) is 12.3. The number of piperidine rings is 1. The Labute approximate surface area is 208 Å². The Balaban J connectivity index is 2.22. The summed E-state index contributed by atoms with van der Waals surface area (Å²) in [7, 11) is 1.62. The van der Waals surface area contributed by atoms with E-state index in [2.05, 4.69) is 0 Å². The fraction of sp³-hybridized carbons (Fsp3) is 0.692. The van der Waals surface area contributed by atoms with Crippen molar-refractivity contribution in [3.8, 4) is 11.5 Å². The fourth-order valence-corrected chi connectivity index (χ4v) is 4.05. The number of halogens is 1. The summed E-state index contributed by atoms with van der Waals surface area (Å²) in [5, 5.41) is 0. The third-order valence-electron chi connectivity index (χ3n) is 5.51. The molecular formula is C26H41FN2O6.